The van der Waals surface area contributed by atoms with Crippen molar-refractivity contribution in [3.8, 4) is 10.4 Å². The fourth-order valence-corrected chi connectivity index (χ4v) is 4.92. The predicted octanol–water partition coefficient (Wildman–Crippen LogP) is 2.69. The number of thiophene rings is 2. The Morgan fingerprint density at radius 3 is 2.96 bits per heavy atom. The molecule has 4 heterocycles. The summed E-state index contributed by atoms with van der Waals surface area (Å²) in [4.78, 5) is 21.1. The van der Waals surface area contributed by atoms with Crippen LogP contribution in [0.15, 0.2) is 17.5 Å². The van der Waals surface area contributed by atoms with Crippen LogP contribution in [-0.4, -0.2) is 29.4 Å². The van der Waals surface area contributed by atoms with E-state index in [-0.39, 0.29) is 0 Å². The van der Waals surface area contributed by atoms with E-state index < -0.39 is 5.91 Å². The van der Waals surface area contributed by atoms with Gasteiger partial charge in [-0.1, -0.05) is 6.07 Å². The molecule has 0 bridgehead atoms. The number of amides is 1. The monoisotopic (exact) mass is 344 g/mol. The number of likely N-dealkylation sites (N-methyl/N-ethyl adjacent to an activating group) is 1. The van der Waals surface area contributed by atoms with Crippen LogP contribution in [0, 0.1) is 0 Å². The molecule has 3 aromatic rings. The molecule has 1 amide bonds. The first-order chi connectivity index (χ1) is 11.1. The van der Waals surface area contributed by atoms with Gasteiger partial charge in [0.25, 0.3) is 5.91 Å². The number of fused-ring (bicyclic) bond motifs is 2. The van der Waals surface area contributed by atoms with Crippen molar-refractivity contribution < 1.29 is 4.79 Å². The van der Waals surface area contributed by atoms with Gasteiger partial charge in [-0.3, -0.25) is 4.79 Å². The smallest absolute Gasteiger partial charge is 0.260 e. The number of hydrogen-bond acceptors (Lipinski definition) is 6. The van der Waals surface area contributed by atoms with Gasteiger partial charge in [-0.2, -0.15) is 0 Å². The van der Waals surface area contributed by atoms with E-state index in [0.29, 0.717) is 10.6 Å². The molecule has 23 heavy (non-hydrogen) atoms. The van der Waals surface area contributed by atoms with Crippen molar-refractivity contribution in [2.75, 3.05) is 19.3 Å². The van der Waals surface area contributed by atoms with E-state index in [0.717, 1.165) is 45.9 Å². The molecular formula is C16H16N4OS2. The van der Waals surface area contributed by atoms with Crippen LogP contribution in [0.2, 0.25) is 0 Å². The van der Waals surface area contributed by atoms with Gasteiger partial charge in [0.2, 0.25) is 0 Å². The first-order valence-electron chi connectivity index (χ1n) is 7.32. The summed E-state index contributed by atoms with van der Waals surface area (Å²) < 4.78 is 0. The molecule has 0 fully saturated rings. The van der Waals surface area contributed by atoms with Crippen molar-refractivity contribution in [3.63, 3.8) is 0 Å². The molecular weight excluding hydrogens is 328 g/mol. The van der Waals surface area contributed by atoms with Crippen LogP contribution in [0.25, 0.3) is 20.7 Å². The Morgan fingerprint density at radius 1 is 1.43 bits per heavy atom. The van der Waals surface area contributed by atoms with Crippen LogP contribution in [0.3, 0.4) is 0 Å². The maximum atomic E-state index is 11.7. The van der Waals surface area contributed by atoms with Gasteiger partial charge in [-0.15, -0.1) is 22.7 Å². The molecule has 0 aromatic carbocycles. The number of aromatic nitrogens is 1. The SMILES string of the molecule is CN1CCc2nc3sc(C(N)=O)c(N)c3c(-c3cccs3)c2C1. The third kappa shape index (κ3) is 2.23. The molecule has 3 aromatic heterocycles. The Kier molecular flexibility index (Phi) is 3.37. The van der Waals surface area contributed by atoms with E-state index in [9.17, 15) is 4.79 Å². The standard InChI is InChI=1S/C16H16N4OS2/c1-20-5-4-9-8(7-20)11(10-3-2-6-22-10)12-13(17)14(15(18)21)23-16(12)19-9/h2-3,6H,4-5,7,17H2,1H3,(H2,18,21). The largest absolute Gasteiger partial charge is 0.397 e. The van der Waals surface area contributed by atoms with Crippen LogP contribution >= 0.6 is 22.7 Å². The lowest BCUT2D eigenvalue weighted by Gasteiger charge is -2.26. The first-order valence-corrected chi connectivity index (χ1v) is 9.02. The molecule has 0 saturated heterocycles. The van der Waals surface area contributed by atoms with E-state index in [1.807, 2.05) is 6.07 Å². The quantitative estimate of drug-likeness (QED) is 0.748. The molecule has 118 valence electrons. The van der Waals surface area contributed by atoms with Crippen molar-refractivity contribution in [3.05, 3.63) is 33.6 Å². The number of anilines is 1. The molecule has 0 spiro atoms. The van der Waals surface area contributed by atoms with E-state index in [4.69, 9.17) is 16.5 Å². The van der Waals surface area contributed by atoms with Crippen LogP contribution in [0.1, 0.15) is 20.9 Å². The predicted molar refractivity (Wildman–Crippen MR) is 95.9 cm³/mol. The highest BCUT2D eigenvalue weighted by molar-refractivity contribution is 7.21. The van der Waals surface area contributed by atoms with Gasteiger partial charge in [0.05, 0.1) is 5.69 Å². The van der Waals surface area contributed by atoms with Gasteiger partial charge in [-0.25, -0.2) is 4.98 Å². The molecule has 1 aliphatic rings. The maximum absolute atomic E-state index is 11.7. The number of nitrogens with two attached hydrogens (primary N) is 2. The Labute approximate surface area is 141 Å². The van der Waals surface area contributed by atoms with E-state index in [2.05, 4.69) is 23.4 Å². The van der Waals surface area contributed by atoms with Crippen LogP contribution in [0.4, 0.5) is 5.69 Å². The average molecular weight is 344 g/mol. The van der Waals surface area contributed by atoms with Crippen molar-refractivity contribution in [1.29, 1.82) is 0 Å². The zero-order chi connectivity index (χ0) is 16.1. The minimum Gasteiger partial charge on any atom is -0.397 e. The van der Waals surface area contributed by atoms with Gasteiger partial charge < -0.3 is 16.4 Å². The lowest BCUT2D eigenvalue weighted by molar-refractivity contribution is 0.100. The summed E-state index contributed by atoms with van der Waals surface area (Å²) >= 11 is 2.98. The highest BCUT2D eigenvalue weighted by atomic mass is 32.1. The minimum atomic E-state index is -0.488. The molecule has 0 radical (unpaired) electrons. The van der Waals surface area contributed by atoms with Gasteiger partial charge in [0, 0.05) is 41.0 Å². The number of carbonyl (C=O) groups excluding carboxylic acids is 1. The van der Waals surface area contributed by atoms with Gasteiger partial charge >= 0.3 is 0 Å². The normalized spacial score (nSPS) is 15.0. The Hall–Kier alpha value is -1.96. The molecule has 4 N–H and O–H groups in total. The molecule has 0 unspecified atom stereocenters. The Bertz CT molecular complexity index is 914. The molecule has 7 heteroatoms. The third-order valence-corrected chi connectivity index (χ3v) is 6.21. The van der Waals surface area contributed by atoms with Crippen LogP contribution < -0.4 is 11.5 Å². The minimum absolute atomic E-state index is 0.404. The fourth-order valence-electron chi connectivity index (χ4n) is 3.14. The molecule has 0 aliphatic carbocycles. The van der Waals surface area contributed by atoms with Crippen LogP contribution in [-0.2, 0) is 13.0 Å². The number of primary amides is 1. The van der Waals surface area contributed by atoms with Gasteiger partial charge in [-0.05, 0) is 24.1 Å². The number of carbonyl (C=O) groups is 1. The lowest BCUT2D eigenvalue weighted by Crippen LogP contribution is -2.27. The first kappa shape index (κ1) is 14.6. The van der Waals surface area contributed by atoms with Crippen molar-refractivity contribution in [2.24, 2.45) is 5.73 Å². The Morgan fingerprint density at radius 2 is 2.26 bits per heavy atom. The van der Waals surface area contributed by atoms with Crippen molar-refractivity contribution in [1.82, 2.24) is 9.88 Å². The topological polar surface area (TPSA) is 85.2 Å². The Balaban J connectivity index is 2.12. The second-order valence-corrected chi connectivity index (χ2v) is 7.71. The van der Waals surface area contributed by atoms with Crippen molar-refractivity contribution in [2.45, 2.75) is 13.0 Å². The molecule has 1 aliphatic heterocycles. The van der Waals surface area contributed by atoms with Gasteiger partial charge in [0.15, 0.2) is 0 Å². The third-order valence-electron chi connectivity index (χ3n) is 4.21. The summed E-state index contributed by atoms with van der Waals surface area (Å²) in [5.74, 6) is -0.488. The fraction of sp³-hybridized carbons (Fsp3) is 0.250. The number of pyridine rings is 1. The lowest BCUT2D eigenvalue weighted by atomic mass is 9.96. The van der Waals surface area contributed by atoms with Gasteiger partial charge in [0.1, 0.15) is 9.71 Å². The highest BCUT2D eigenvalue weighted by Gasteiger charge is 2.26. The van der Waals surface area contributed by atoms with Crippen molar-refractivity contribution >= 4 is 44.5 Å². The van der Waals surface area contributed by atoms with E-state index in [1.165, 1.54) is 16.9 Å². The number of nitrogens with zero attached hydrogens (tertiary/aromatic N) is 2. The zero-order valence-electron chi connectivity index (χ0n) is 12.6. The number of nitrogen functional groups attached to an aromatic ring is 1. The molecule has 5 nitrogen and oxygen atoms in total. The maximum Gasteiger partial charge on any atom is 0.260 e. The van der Waals surface area contributed by atoms with E-state index in [1.54, 1.807) is 11.3 Å². The zero-order valence-corrected chi connectivity index (χ0v) is 14.3. The number of hydrogen-bond donors (Lipinski definition) is 2. The summed E-state index contributed by atoms with van der Waals surface area (Å²) in [6.07, 6.45) is 0.907. The molecule has 4 rings (SSSR count). The summed E-state index contributed by atoms with van der Waals surface area (Å²) in [5, 5.41) is 2.93. The highest BCUT2D eigenvalue weighted by Crippen LogP contribution is 2.44. The summed E-state index contributed by atoms with van der Waals surface area (Å²) in [7, 11) is 2.11. The second kappa shape index (κ2) is 5.30. The number of rotatable bonds is 2. The summed E-state index contributed by atoms with van der Waals surface area (Å²) in [6.45, 7) is 1.83. The van der Waals surface area contributed by atoms with Crippen LogP contribution in [0.5, 0.6) is 0 Å². The summed E-state index contributed by atoms with van der Waals surface area (Å²) in [5.41, 5.74) is 15.7. The summed E-state index contributed by atoms with van der Waals surface area (Å²) in [6, 6.07) is 4.12. The second-order valence-electron chi connectivity index (χ2n) is 5.77. The average Bonchev–Trinajstić information content (AvgIpc) is 3.14. The molecule has 0 saturated carbocycles. The van der Waals surface area contributed by atoms with E-state index >= 15 is 0 Å². The molecule has 0 atom stereocenters.